The van der Waals surface area contributed by atoms with Crippen LogP contribution in [0.1, 0.15) is 32.1 Å². The third-order valence-electron chi connectivity index (χ3n) is 6.78. The van der Waals surface area contributed by atoms with Gasteiger partial charge in [-0.1, -0.05) is 11.6 Å². The Hall–Kier alpha value is -2.98. The summed E-state index contributed by atoms with van der Waals surface area (Å²) in [6, 6.07) is 1.68. The molecule has 1 atom stereocenters. The molecule has 0 saturated carbocycles. The van der Waals surface area contributed by atoms with Crippen LogP contribution in [0.2, 0.25) is 5.02 Å². The highest BCUT2D eigenvalue weighted by atomic mass is 35.5. The lowest BCUT2D eigenvalue weighted by molar-refractivity contribution is 0.154. The quantitative estimate of drug-likeness (QED) is 0.455. The van der Waals surface area contributed by atoms with Crippen LogP contribution in [0.3, 0.4) is 0 Å². The van der Waals surface area contributed by atoms with E-state index in [-0.39, 0.29) is 17.9 Å². The second-order valence-corrected chi connectivity index (χ2v) is 9.58. The third kappa shape index (κ3) is 5.48. The van der Waals surface area contributed by atoms with Crippen LogP contribution in [-0.4, -0.2) is 81.1 Å². The predicted molar refractivity (Wildman–Crippen MR) is 134 cm³/mol. The van der Waals surface area contributed by atoms with Crippen LogP contribution in [0.15, 0.2) is 24.7 Å². The first-order chi connectivity index (χ1) is 17.1. The van der Waals surface area contributed by atoms with E-state index in [9.17, 15) is 9.18 Å². The van der Waals surface area contributed by atoms with Gasteiger partial charge in [-0.05, 0) is 51.3 Å². The Balaban J connectivity index is 1.24. The Morgan fingerprint density at radius 3 is 2.86 bits per heavy atom. The number of likely N-dealkylation sites (tertiary alicyclic amines) is 2. The lowest BCUT2D eigenvalue weighted by Gasteiger charge is -2.36. The fourth-order valence-corrected chi connectivity index (χ4v) is 5.07. The number of amides is 2. The zero-order valence-electron chi connectivity index (χ0n) is 19.6. The molecule has 3 aromatic heterocycles. The van der Waals surface area contributed by atoms with E-state index in [1.807, 2.05) is 4.90 Å². The number of piperidine rings is 1. The number of aromatic amines is 1. The van der Waals surface area contributed by atoms with Gasteiger partial charge in [0.15, 0.2) is 17.5 Å². The van der Waals surface area contributed by atoms with Crippen molar-refractivity contribution in [2.75, 3.05) is 44.6 Å². The molecule has 2 aliphatic heterocycles. The number of anilines is 1. The van der Waals surface area contributed by atoms with Crippen LogP contribution in [-0.2, 0) is 0 Å². The Morgan fingerprint density at radius 1 is 1.17 bits per heavy atom. The number of urea groups is 1. The van der Waals surface area contributed by atoms with Crippen LogP contribution in [0.25, 0.3) is 22.4 Å². The largest absolute Gasteiger partial charge is 0.365 e. The minimum Gasteiger partial charge on any atom is -0.365 e. The molecule has 9 nitrogen and oxygen atoms in total. The van der Waals surface area contributed by atoms with Gasteiger partial charge < -0.3 is 25.4 Å². The lowest BCUT2D eigenvalue weighted by atomic mass is 10.0. The minimum atomic E-state index is -0.540. The highest BCUT2D eigenvalue weighted by Gasteiger charge is 2.27. The average molecular weight is 501 g/mol. The molecule has 186 valence electrons. The van der Waals surface area contributed by atoms with Crippen molar-refractivity contribution in [2.24, 2.45) is 0 Å². The summed E-state index contributed by atoms with van der Waals surface area (Å²) < 4.78 is 14.6. The van der Waals surface area contributed by atoms with Gasteiger partial charge in [0.25, 0.3) is 0 Å². The minimum absolute atomic E-state index is 0.0375. The van der Waals surface area contributed by atoms with E-state index in [0.29, 0.717) is 41.7 Å². The van der Waals surface area contributed by atoms with Gasteiger partial charge in [0.1, 0.15) is 5.65 Å². The van der Waals surface area contributed by atoms with E-state index < -0.39 is 5.82 Å². The number of fused-ring (bicyclic) bond motifs is 1. The number of hydrogen-bond acceptors (Lipinski definition) is 6. The fraction of sp³-hybridized carbons (Fsp3) is 0.500. The molecule has 5 heterocycles. The standard InChI is InChI=1S/C24H30ClFN8O/c25-16-11-18-19(14-30-21(18)28-12-16)22-31-15-20(26)23(32-22)29-13-17-5-1-2-9-34(17)24(35)27-6-10-33-7-3-4-8-33/h11-12,14-15,17H,1-10,13H2,(H,27,35)(H,28,30)(H,29,31,32)/t17-/m1/s1. The van der Waals surface area contributed by atoms with Crippen LogP contribution in [0.4, 0.5) is 15.0 Å². The monoisotopic (exact) mass is 500 g/mol. The number of carbonyl (C=O) groups excluding carboxylic acids is 1. The summed E-state index contributed by atoms with van der Waals surface area (Å²) in [4.78, 5) is 33.0. The topological polar surface area (TPSA) is 102 Å². The van der Waals surface area contributed by atoms with Crippen molar-refractivity contribution >= 4 is 34.5 Å². The molecule has 11 heteroatoms. The molecular formula is C24H30ClFN8O. The summed E-state index contributed by atoms with van der Waals surface area (Å²) >= 11 is 6.10. The first-order valence-corrected chi connectivity index (χ1v) is 12.6. The summed E-state index contributed by atoms with van der Waals surface area (Å²) in [7, 11) is 0. The fourth-order valence-electron chi connectivity index (χ4n) is 4.91. The molecular weight excluding hydrogens is 471 g/mol. The highest BCUT2D eigenvalue weighted by molar-refractivity contribution is 6.31. The van der Waals surface area contributed by atoms with Crippen LogP contribution in [0.5, 0.6) is 0 Å². The SMILES string of the molecule is O=C(NCCN1CCCC1)N1CCCC[C@@H]1CNc1nc(-c2c[nH]c3ncc(Cl)cc23)ncc1F. The zero-order chi connectivity index (χ0) is 24.2. The maximum absolute atomic E-state index is 14.6. The molecule has 3 N–H and O–H groups in total. The molecule has 0 aliphatic carbocycles. The molecule has 2 aliphatic rings. The second-order valence-electron chi connectivity index (χ2n) is 9.15. The van der Waals surface area contributed by atoms with Crippen molar-refractivity contribution in [3.63, 3.8) is 0 Å². The van der Waals surface area contributed by atoms with Crippen molar-refractivity contribution in [3.05, 3.63) is 35.5 Å². The van der Waals surface area contributed by atoms with E-state index in [1.54, 1.807) is 18.5 Å². The number of H-pyrrole nitrogens is 1. The van der Waals surface area contributed by atoms with Crippen molar-refractivity contribution in [2.45, 2.75) is 38.1 Å². The van der Waals surface area contributed by atoms with Crippen molar-refractivity contribution < 1.29 is 9.18 Å². The van der Waals surface area contributed by atoms with Gasteiger partial charge in [0.2, 0.25) is 0 Å². The molecule has 0 aromatic carbocycles. The zero-order valence-corrected chi connectivity index (χ0v) is 20.3. The third-order valence-corrected chi connectivity index (χ3v) is 6.99. The van der Waals surface area contributed by atoms with Crippen molar-refractivity contribution in [1.29, 1.82) is 0 Å². The molecule has 5 rings (SSSR count). The number of rotatable bonds is 7. The molecule has 0 radical (unpaired) electrons. The van der Waals surface area contributed by atoms with Gasteiger partial charge >= 0.3 is 6.03 Å². The van der Waals surface area contributed by atoms with E-state index in [0.717, 1.165) is 50.5 Å². The summed E-state index contributed by atoms with van der Waals surface area (Å²) in [5, 5.41) is 7.45. The van der Waals surface area contributed by atoms with Crippen LogP contribution < -0.4 is 10.6 Å². The molecule has 2 saturated heterocycles. The molecule has 3 aromatic rings. The number of halogens is 2. The van der Waals surface area contributed by atoms with Gasteiger partial charge in [-0.25, -0.2) is 24.1 Å². The number of nitrogens with one attached hydrogen (secondary N) is 3. The van der Waals surface area contributed by atoms with E-state index in [2.05, 4.69) is 35.5 Å². The van der Waals surface area contributed by atoms with E-state index in [4.69, 9.17) is 11.6 Å². The molecule has 0 spiro atoms. The number of pyridine rings is 1. The molecule has 2 amide bonds. The summed E-state index contributed by atoms with van der Waals surface area (Å²) in [6.07, 6.45) is 9.79. The van der Waals surface area contributed by atoms with Gasteiger partial charge in [0.05, 0.1) is 17.3 Å². The summed E-state index contributed by atoms with van der Waals surface area (Å²) in [5.41, 5.74) is 1.34. The second kappa shape index (κ2) is 10.7. The first-order valence-electron chi connectivity index (χ1n) is 12.2. The average Bonchev–Trinajstić information content (AvgIpc) is 3.53. The molecule has 0 bridgehead atoms. The van der Waals surface area contributed by atoms with Crippen LogP contribution in [0, 0.1) is 5.82 Å². The Kier molecular flexibility index (Phi) is 7.29. The maximum Gasteiger partial charge on any atom is 0.317 e. The number of nitrogens with zero attached hydrogens (tertiary/aromatic N) is 5. The van der Waals surface area contributed by atoms with E-state index >= 15 is 0 Å². The van der Waals surface area contributed by atoms with Crippen molar-refractivity contribution in [1.82, 2.24) is 35.1 Å². The number of hydrogen-bond donors (Lipinski definition) is 3. The van der Waals surface area contributed by atoms with Gasteiger partial charge in [-0.15, -0.1) is 0 Å². The van der Waals surface area contributed by atoms with E-state index in [1.165, 1.54) is 12.8 Å². The Morgan fingerprint density at radius 2 is 2.00 bits per heavy atom. The smallest absolute Gasteiger partial charge is 0.317 e. The molecule has 2 fully saturated rings. The lowest BCUT2D eigenvalue weighted by Crippen LogP contribution is -2.52. The summed E-state index contributed by atoms with van der Waals surface area (Å²) in [6.45, 7) is 4.85. The Labute approximate surface area is 208 Å². The highest BCUT2D eigenvalue weighted by Crippen LogP contribution is 2.28. The number of carbonyl (C=O) groups is 1. The predicted octanol–water partition coefficient (Wildman–Crippen LogP) is 3.88. The van der Waals surface area contributed by atoms with Gasteiger partial charge in [-0.2, -0.15) is 0 Å². The number of aromatic nitrogens is 4. The van der Waals surface area contributed by atoms with Crippen molar-refractivity contribution in [3.8, 4) is 11.4 Å². The summed E-state index contributed by atoms with van der Waals surface area (Å²) in [5.74, 6) is -0.0640. The molecule has 35 heavy (non-hydrogen) atoms. The first kappa shape index (κ1) is 23.7. The Bertz CT molecular complexity index is 1180. The van der Waals surface area contributed by atoms with Crippen LogP contribution >= 0.6 is 11.6 Å². The van der Waals surface area contributed by atoms with Gasteiger partial charge in [-0.3, -0.25) is 0 Å². The maximum atomic E-state index is 14.6. The normalized spacial score (nSPS) is 18.8. The molecule has 0 unspecified atom stereocenters. The van der Waals surface area contributed by atoms with Gasteiger partial charge in [0, 0.05) is 49.5 Å².